The molecule has 0 aliphatic carbocycles. The van der Waals surface area contributed by atoms with E-state index in [4.69, 9.17) is 16.3 Å². The lowest BCUT2D eigenvalue weighted by molar-refractivity contribution is 0.104. The van der Waals surface area contributed by atoms with Gasteiger partial charge in [-0.2, -0.15) is 0 Å². The topological polar surface area (TPSA) is 92.8 Å². The minimum Gasteiger partial charge on any atom is -0.481 e. The van der Waals surface area contributed by atoms with Gasteiger partial charge in [0.2, 0.25) is 5.88 Å². The van der Waals surface area contributed by atoms with Gasteiger partial charge in [-0.1, -0.05) is 17.7 Å². The number of aromatic amines is 1. The number of H-pyrrole nitrogens is 1. The van der Waals surface area contributed by atoms with Crippen molar-refractivity contribution in [2.75, 3.05) is 12.4 Å². The molecule has 4 aromatic heterocycles. The van der Waals surface area contributed by atoms with E-state index in [9.17, 15) is 4.79 Å². The molecule has 28 heavy (non-hydrogen) atoms. The first-order chi connectivity index (χ1) is 13.7. The fraction of sp³-hybridized carbons (Fsp3) is 0.100. The molecule has 0 unspecified atom stereocenters. The van der Waals surface area contributed by atoms with Crippen LogP contribution in [0.25, 0.3) is 11.0 Å². The maximum atomic E-state index is 12.8. The van der Waals surface area contributed by atoms with Gasteiger partial charge in [-0.15, -0.1) is 0 Å². The van der Waals surface area contributed by atoms with Gasteiger partial charge in [0.05, 0.1) is 12.1 Å². The summed E-state index contributed by atoms with van der Waals surface area (Å²) in [5.74, 6) is 0.879. The number of ketones is 1. The van der Waals surface area contributed by atoms with Crippen LogP contribution in [0.1, 0.15) is 21.5 Å². The molecule has 4 heterocycles. The van der Waals surface area contributed by atoms with E-state index in [1.54, 1.807) is 43.9 Å². The van der Waals surface area contributed by atoms with Crippen LogP contribution in [0.3, 0.4) is 0 Å². The van der Waals surface area contributed by atoms with Crippen molar-refractivity contribution in [1.29, 1.82) is 0 Å². The molecule has 8 heteroatoms. The highest BCUT2D eigenvalue weighted by atomic mass is 35.5. The molecular weight excluding hydrogens is 378 g/mol. The number of nitrogens with zero attached hydrogens (tertiary/aromatic N) is 3. The van der Waals surface area contributed by atoms with Crippen molar-refractivity contribution in [2.45, 2.75) is 6.54 Å². The van der Waals surface area contributed by atoms with E-state index in [1.807, 2.05) is 12.1 Å². The van der Waals surface area contributed by atoms with E-state index in [2.05, 4.69) is 25.3 Å². The highest BCUT2D eigenvalue weighted by Gasteiger charge is 2.16. The van der Waals surface area contributed by atoms with Crippen LogP contribution in [0.4, 0.5) is 5.82 Å². The van der Waals surface area contributed by atoms with Crippen LogP contribution in [-0.2, 0) is 6.54 Å². The normalized spacial score (nSPS) is 10.8. The summed E-state index contributed by atoms with van der Waals surface area (Å²) < 4.78 is 5.04. The Hall–Kier alpha value is -3.45. The van der Waals surface area contributed by atoms with Gasteiger partial charge in [-0.3, -0.25) is 4.79 Å². The Morgan fingerprint density at radius 3 is 2.86 bits per heavy atom. The summed E-state index contributed by atoms with van der Waals surface area (Å²) in [6.07, 6.45) is 6.54. The van der Waals surface area contributed by atoms with Gasteiger partial charge in [0, 0.05) is 53.9 Å². The van der Waals surface area contributed by atoms with E-state index < -0.39 is 0 Å². The van der Waals surface area contributed by atoms with Gasteiger partial charge in [-0.05, 0) is 23.8 Å². The fourth-order valence-corrected chi connectivity index (χ4v) is 3.05. The Morgan fingerprint density at radius 2 is 2.11 bits per heavy atom. The summed E-state index contributed by atoms with van der Waals surface area (Å²) in [4.78, 5) is 28.5. The van der Waals surface area contributed by atoms with Gasteiger partial charge in [0.25, 0.3) is 0 Å². The van der Waals surface area contributed by atoms with Crippen molar-refractivity contribution in [1.82, 2.24) is 19.9 Å². The van der Waals surface area contributed by atoms with Gasteiger partial charge in [0.15, 0.2) is 5.78 Å². The SMILES string of the molecule is COc1ccc(CNc2ncc(C(=O)c3c[nH]c4ncccc34)cc2Cl)cn1. The second-order valence-electron chi connectivity index (χ2n) is 6.05. The predicted molar refractivity (Wildman–Crippen MR) is 107 cm³/mol. The van der Waals surface area contributed by atoms with Crippen molar-refractivity contribution in [3.63, 3.8) is 0 Å². The number of anilines is 1. The monoisotopic (exact) mass is 393 g/mol. The first-order valence-electron chi connectivity index (χ1n) is 8.51. The molecule has 0 saturated carbocycles. The Labute approximate surface area is 165 Å². The Balaban J connectivity index is 1.51. The van der Waals surface area contributed by atoms with Crippen LogP contribution < -0.4 is 10.1 Å². The molecule has 0 saturated heterocycles. The van der Waals surface area contributed by atoms with E-state index in [0.29, 0.717) is 40.0 Å². The number of rotatable bonds is 6. The zero-order valence-electron chi connectivity index (χ0n) is 14.9. The van der Waals surface area contributed by atoms with Crippen molar-refractivity contribution in [2.24, 2.45) is 0 Å². The second kappa shape index (κ2) is 7.66. The first-order valence-corrected chi connectivity index (χ1v) is 8.88. The zero-order valence-corrected chi connectivity index (χ0v) is 15.7. The molecule has 7 nitrogen and oxygen atoms in total. The molecule has 4 rings (SSSR count). The first kappa shape index (κ1) is 17.9. The number of carbonyl (C=O) groups is 1. The number of aromatic nitrogens is 4. The number of fused-ring (bicyclic) bond motifs is 1. The molecule has 140 valence electrons. The number of methoxy groups -OCH3 is 1. The number of carbonyl (C=O) groups excluding carboxylic acids is 1. The second-order valence-corrected chi connectivity index (χ2v) is 6.46. The Kier molecular flexibility index (Phi) is 4.90. The van der Waals surface area contributed by atoms with Gasteiger partial charge in [-0.25, -0.2) is 15.0 Å². The van der Waals surface area contributed by atoms with Crippen LogP contribution >= 0.6 is 11.6 Å². The minimum atomic E-state index is -0.167. The lowest BCUT2D eigenvalue weighted by atomic mass is 10.1. The molecule has 0 radical (unpaired) electrons. The van der Waals surface area contributed by atoms with Gasteiger partial charge in [0.1, 0.15) is 11.5 Å². The molecule has 0 fully saturated rings. The smallest absolute Gasteiger partial charge is 0.212 e. The minimum absolute atomic E-state index is 0.167. The molecule has 0 aromatic carbocycles. The lowest BCUT2D eigenvalue weighted by Gasteiger charge is -2.09. The quantitative estimate of drug-likeness (QED) is 0.483. The average molecular weight is 394 g/mol. The maximum Gasteiger partial charge on any atom is 0.212 e. The van der Waals surface area contributed by atoms with Crippen LogP contribution in [0.15, 0.2) is 55.1 Å². The molecule has 0 bridgehead atoms. The van der Waals surface area contributed by atoms with Gasteiger partial charge >= 0.3 is 0 Å². The fourth-order valence-electron chi connectivity index (χ4n) is 2.81. The van der Waals surface area contributed by atoms with Gasteiger partial charge < -0.3 is 15.0 Å². The summed E-state index contributed by atoms with van der Waals surface area (Å²) >= 11 is 6.33. The maximum absolute atomic E-state index is 12.8. The summed E-state index contributed by atoms with van der Waals surface area (Å²) in [6.45, 7) is 0.491. The number of halogens is 1. The Morgan fingerprint density at radius 1 is 1.21 bits per heavy atom. The number of ether oxygens (including phenoxy) is 1. The highest BCUT2D eigenvalue weighted by molar-refractivity contribution is 6.33. The zero-order chi connectivity index (χ0) is 19.5. The van der Waals surface area contributed by atoms with E-state index in [-0.39, 0.29) is 5.78 Å². The van der Waals surface area contributed by atoms with Crippen molar-refractivity contribution in [3.8, 4) is 5.88 Å². The van der Waals surface area contributed by atoms with E-state index >= 15 is 0 Å². The van der Waals surface area contributed by atoms with Crippen molar-refractivity contribution >= 4 is 34.2 Å². The van der Waals surface area contributed by atoms with E-state index in [0.717, 1.165) is 10.9 Å². The summed E-state index contributed by atoms with van der Waals surface area (Å²) in [5.41, 5.74) is 2.55. The largest absolute Gasteiger partial charge is 0.481 e. The molecule has 2 N–H and O–H groups in total. The third-order valence-electron chi connectivity index (χ3n) is 4.27. The van der Waals surface area contributed by atoms with Crippen LogP contribution in [-0.4, -0.2) is 32.8 Å². The molecular formula is C20H16ClN5O2. The molecule has 0 amide bonds. The number of nitrogens with one attached hydrogen (secondary N) is 2. The number of hydrogen-bond donors (Lipinski definition) is 2. The molecule has 0 spiro atoms. The van der Waals surface area contributed by atoms with Crippen LogP contribution in [0, 0.1) is 0 Å². The number of pyridine rings is 3. The van der Waals surface area contributed by atoms with Crippen molar-refractivity contribution < 1.29 is 9.53 Å². The standard InChI is InChI=1S/C20H16ClN5O2/c1-28-17-5-4-12(8-23-17)9-24-20-16(21)7-13(10-25-20)18(27)15-11-26-19-14(15)3-2-6-22-19/h2-8,10-11H,9H2,1H3,(H,22,26)(H,24,25). The molecule has 0 aliphatic rings. The average Bonchev–Trinajstić information content (AvgIpc) is 3.17. The summed E-state index contributed by atoms with van der Waals surface area (Å²) in [7, 11) is 1.57. The summed E-state index contributed by atoms with van der Waals surface area (Å²) in [5, 5.41) is 4.27. The van der Waals surface area contributed by atoms with Crippen LogP contribution in [0.5, 0.6) is 5.88 Å². The van der Waals surface area contributed by atoms with E-state index in [1.165, 1.54) is 6.20 Å². The number of hydrogen-bond acceptors (Lipinski definition) is 6. The van der Waals surface area contributed by atoms with Crippen LogP contribution in [0.2, 0.25) is 5.02 Å². The third kappa shape index (κ3) is 3.52. The molecule has 0 aliphatic heterocycles. The Bertz CT molecular complexity index is 1140. The highest BCUT2D eigenvalue weighted by Crippen LogP contribution is 2.24. The lowest BCUT2D eigenvalue weighted by Crippen LogP contribution is -2.06. The van der Waals surface area contributed by atoms with Crippen molar-refractivity contribution in [3.05, 3.63) is 76.8 Å². The summed E-state index contributed by atoms with van der Waals surface area (Å²) in [6, 6.07) is 8.93. The predicted octanol–water partition coefficient (Wildman–Crippen LogP) is 3.86. The molecule has 4 aromatic rings. The third-order valence-corrected chi connectivity index (χ3v) is 4.55. The molecule has 0 atom stereocenters.